The molecule has 8 aromatic rings. The fourth-order valence-electron chi connectivity index (χ4n) is 22.5. The fraction of sp³-hybridized carbons (Fsp3) is 0.615. The largest absolute Gasteiger partial charge is 0.393 e. The van der Waals surface area contributed by atoms with E-state index in [0.717, 1.165) is 182 Å². The standard InChI is InChI=1S/C27H35N5O3S.C26H33N5O4S2.C26H35N5O4S2.C25H33F2N5O3S/c1-14-11-22(29-15(2)16-3-4-16)28-13-21(14)24-23(27(35)32-18-6-7-19(32)9-8-18)31-26(36-24)25(34)30-17-5-10-20(33)12-17;1-15-13-20(30-26(2)9-10-26)27-14-19(15)22-21(25(33)31-17-3-4-18(31)6-5-17)29-24(36-22)23(32)28-16-7-11-37(34,35)12-8-16;1-15-13-20(30-26(2,3)4)27-14-19(15)22-21(25(33)31-17-5-6-18(31)8-7-17)29-24(36-22)23(32)28-16-9-11-37(34,35)12-10-16;1-13-6-5-9-32(13)24(35)19-20(36-23(30-19)22(34)29-14-7-8-15(33)10-14)17-12-28-18(31-25(2,3)4)11-16(17)21(26)27/h11,13,15-20,33H,3-10,12H2,1-2H3,(H,28,29)(H,30,34);13-14,16-18H,3-12H2,1-2H3,(H,27,30)(H,28,32);13-14,16-18H,5-12H2,1-4H3,(H,27,30)(H,28,32);11-15,21,33H,5-10H2,1-4H3,(H,28,31)(H,29,34)/t15-,17-,18?,19?,20-;;;13-,14+,15+/m1..0/s1. The predicted molar refractivity (Wildman–Crippen MR) is 561 cm³/mol. The Morgan fingerprint density at radius 2 is 0.747 bits per heavy atom. The molecular weight excluding hydrogens is 1980 g/mol. The van der Waals surface area contributed by atoms with Gasteiger partial charge in [-0.15, -0.1) is 45.3 Å². The molecule has 4 aliphatic carbocycles. The van der Waals surface area contributed by atoms with Crippen LogP contribution in [0.3, 0.4) is 0 Å². The maximum absolute atomic E-state index is 14.2. The molecular formula is C104H136F2N20O14S6. The van der Waals surface area contributed by atoms with E-state index in [1.54, 1.807) is 17.3 Å². The van der Waals surface area contributed by atoms with Gasteiger partial charge in [-0.25, -0.2) is 65.5 Å². The number of alkyl halides is 2. The second kappa shape index (κ2) is 43.0. The van der Waals surface area contributed by atoms with Crippen LogP contribution in [0.1, 0.15) is 352 Å². The Labute approximate surface area is 867 Å². The number of halogens is 2. The van der Waals surface area contributed by atoms with Crippen LogP contribution >= 0.6 is 45.3 Å². The zero-order valence-corrected chi connectivity index (χ0v) is 90.0. The van der Waals surface area contributed by atoms with Gasteiger partial charge in [0.25, 0.3) is 53.7 Å². The van der Waals surface area contributed by atoms with Gasteiger partial charge in [0, 0.05) is 148 Å². The van der Waals surface area contributed by atoms with Crippen LogP contribution in [-0.4, -0.2) is 265 Å². The van der Waals surface area contributed by atoms with E-state index in [0.29, 0.717) is 108 Å². The van der Waals surface area contributed by atoms with E-state index in [4.69, 9.17) is 0 Å². The van der Waals surface area contributed by atoms with Gasteiger partial charge in [0.05, 0.1) is 54.7 Å². The van der Waals surface area contributed by atoms with Gasteiger partial charge in [0.15, 0.2) is 20.0 Å². The van der Waals surface area contributed by atoms with E-state index in [-0.39, 0.29) is 190 Å². The molecule has 0 aromatic carbocycles. The van der Waals surface area contributed by atoms with Gasteiger partial charge in [0.1, 0.15) is 65.7 Å². The SMILES string of the molecule is C[C@H]1CCCN1C(=O)c1nc(C(=O)N[C@@H]2CC[C@@H](O)C2)sc1-c1cnc(NC(C)(C)C)cc1C(F)F.Cc1cc(NC(C)(C)C)ncc1-c1sc(C(=O)NC2CCS(=O)(=O)CC2)nc1C(=O)N1C2CCC1CC2.Cc1cc(NC2(C)CC2)ncc1-c1sc(C(=O)NC2CCS(=O)(=O)CC2)nc1C(=O)N1C2CCC1CC2.Cc1cc(N[C@H](C)C2CC2)ncc1-c1sc(C(=O)N[C@@H]2CC[C@@H](O)C2)nc1C(=O)N1C2CCC1CC2. The van der Waals surface area contributed by atoms with E-state index in [1.165, 1.54) is 59.1 Å². The molecule has 6 bridgehead atoms. The maximum Gasteiger partial charge on any atom is 0.280 e. The minimum atomic E-state index is -3.03. The number of pyridine rings is 4. The monoisotopic (exact) mass is 2120 g/mol. The number of nitrogens with zero attached hydrogens (tertiary/aromatic N) is 12. The van der Waals surface area contributed by atoms with E-state index < -0.39 is 38.1 Å². The van der Waals surface area contributed by atoms with Crippen LogP contribution in [0.5, 0.6) is 0 Å². The highest BCUT2D eigenvalue weighted by Crippen LogP contribution is 2.49. The average Bonchev–Trinajstić information content (AvgIpc) is 1.62. The average molecular weight is 2120 g/mol. The summed E-state index contributed by atoms with van der Waals surface area (Å²) in [5.41, 5.74) is 5.71. The van der Waals surface area contributed by atoms with Gasteiger partial charge in [0.2, 0.25) is 0 Å². The zero-order chi connectivity index (χ0) is 104. The van der Waals surface area contributed by atoms with E-state index in [2.05, 4.69) is 117 Å². The quantitative estimate of drug-likeness (QED) is 0.0269. The first-order valence-corrected chi connectivity index (χ1v) is 58.8. The van der Waals surface area contributed by atoms with Crippen molar-refractivity contribution < 1.29 is 74.2 Å². The molecule has 13 fully saturated rings. The Hall–Kier alpha value is -10.2. The molecule has 0 unspecified atom stereocenters. The van der Waals surface area contributed by atoms with Crippen molar-refractivity contribution in [1.29, 1.82) is 0 Å². The molecule has 13 aliphatic rings. The number of aromatic nitrogens is 8. The molecule has 4 saturated carbocycles. The molecule has 6 atom stereocenters. The molecule has 8 amide bonds. The number of carbonyl (C=O) groups is 8. The van der Waals surface area contributed by atoms with Crippen molar-refractivity contribution in [2.45, 2.75) is 371 Å². The Morgan fingerprint density at radius 1 is 0.425 bits per heavy atom. The van der Waals surface area contributed by atoms with Crippen molar-refractivity contribution >= 4 is 136 Å². The molecule has 786 valence electrons. The first-order chi connectivity index (χ1) is 69.3. The molecule has 42 heteroatoms. The number of thiazole rings is 4. The number of rotatable bonds is 24. The minimum absolute atomic E-state index is 0.00430. The number of hydrogen-bond acceptors (Lipinski definition) is 30. The number of hydrogen-bond donors (Lipinski definition) is 10. The zero-order valence-electron chi connectivity index (χ0n) is 85.1. The third-order valence-electron chi connectivity index (χ3n) is 30.9. The van der Waals surface area contributed by atoms with Crippen LogP contribution in [0.2, 0.25) is 0 Å². The molecule has 34 nitrogen and oxygen atoms in total. The number of aliphatic hydroxyl groups is 2. The van der Waals surface area contributed by atoms with Crippen LogP contribution in [0.4, 0.5) is 32.1 Å². The summed E-state index contributed by atoms with van der Waals surface area (Å²) < 4.78 is 75.5. The van der Waals surface area contributed by atoms with Crippen molar-refractivity contribution in [2.75, 3.05) is 50.8 Å². The normalized spacial score (nSPS) is 24.8. The third kappa shape index (κ3) is 24.4. The van der Waals surface area contributed by atoms with Crippen LogP contribution in [-0.2, 0) is 19.7 Å². The number of nitrogens with one attached hydrogen (secondary N) is 8. The van der Waals surface area contributed by atoms with Gasteiger partial charge < -0.3 is 72.3 Å². The van der Waals surface area contributed by atoms with Crippen molar-refractivity contribution in [2.24, 2.45) is 5.92 Å². The highest BCUT2D eigenvalue weighted by molar-refractivity contribution is 7.91. The molecule has 8 aromatic heterocycles. The van der Waals surface area contributed by atoms with Crippen LogP contribution in [0.25, 0.3) is 41.8 Å². The summed E-state index contributed by atoms with van der Waals surface area (Å²) in [7, 11) is -6.05. The van der Waals surface area contributed by atoms with Crippen molar-refractivity contribution in [1.82, 2.24) is 80.7 Å². The fourth-order valence-corrected chi connectivity index (χ4v) is 29.6. The molecule has 0 radical (unpaired) electrons. The lowest BCUT2D eigenvalue weighted by Crippen LogP contribution is -2.41. The summed E-state index contributed by atoms with van der Waals surface area (Å²) >= 11 is 4.61. The molecule has 21 rings (SSSR count). The Balaban J connectivity index is 0.000000128. The summed E-state index contributed by atoms with van der Waals surface area (Å²) in [5.74, 6) is 1.56. The lowest BCUT2D eigenvalue weighted by molar-refractivity contribution is 0.0716. The van der Waals surface area contributed by atoms with Crippen LogP contribution in [0.15, 0.2) is 49.1 Å². The predicted octanol–water partition coefficient (Wildman–Crippen LogP) is 16.1. The van der Waals surface area contributed by atoms with Crippen molar-refractivity contribution in [3.63, 3.8) is 0 Å². The molecule has 0 spiro atoms. The summed E-state index contributed by atoms with van der Waals surface area (Å²) in [6.07, 6.45) is 27.1. The minimum Gasteiger partial charge on any atom is -0.393 e. The van der Waals surface area contributed by atoms with Gasteiger partial charge in [-0.3, -0.25) is 38.4 Å². The molecule has 9 aliphatic heterocycles. The molecule has 9 saturated heterocycles. The van der Waals surface area contributed by atoms with E-state index >= 15 is 0 Å². The van der Waals surface area contributed by atoms with Crippen molar-refractivity contribution in [3.8, 4) is 41.8 Å². The number of sulfone groups is 2. The lowest BCUT2D eigenvalue weighted by Gasteiger charge is -2.23. The number of carbonyl (C=O) groups excluding carboxylic acids is 8. The summed E-state index contributed by atoms with van der Waals surface area (Å²) in [5, 5.41) is 45.6. The Bertz CT molecular complexity index is 6270. The number of aliphatic hydroxyl groups excluding tert-OH is 2. The number of aryl methyl sites for hydroxylation is 3. The molecule has 17 heterocycles. The smallest absolute Gasteiger partial charge is 0.280 e. The van der Waals surface area contributed by atoms with Gasteiger partial charge in [-0.2, -0.15) is 0 Å². The highest BCUT2D eigenvalue weighted by atomic mass is 32.2. The number of anilines is 4. The molecule has 10 N–H and O–H groups in total. The van der Waals surface area contributed by atoms with Crippen LogP contribution in [0, 0.1) is 26.7 Å². The Kier molecular flexibility index (Phi) is 31.1. The van der Waals surface area contributed by atoms with Gasteiger partial charge >= 0.3 is 0 Å². The highest BCUT2D eigenvalue weighted by Gasteiger charge is 2.49. The first kappa shape index (κ1) is 106. The number of likely N-dealkylation sites (tertiary alicyclic amines) is 1. The second-order valence-electron chi connectivity index (χ2n) is 44.7. The lowest BCUT2D eigenvalue weighted by atomic mass is 10.0. The number of fused-ring (bicyclic) bond motifs is 6. The van der Waals surface area contributed by atoms with E-state index in [1.807, 2.05) is 87.6 Å². The summed E-state index contributed by atoms with van der Waals surface area (Å²) in [4.78, 5) is 154. The second-order valence-corrected chi connectivity index (χ2v) is 53.3. The Morgan fingerprint density at radius 3 is 1.07 bits per heavy atom. The number of amides is 8. The first-order valence-electron chi connectivity index (χ1n) is 51.9. The van der Waals surface area contributed by atoms with Gasteiger partial charge in [-0.05, 0) is 310 Å². The maximum atomic E-state index is 14.2. The van der Waals surface area contributed by atoms with E-state index in [9.17, 15) is 74.2 Å². The molecule has 146 heavy (non-hydrogen) atoms. The third-order valence-corrected chi connectivity index (χ3v) is 38.6. The van der Waals surface area contributed by atoms with Crippen molar-refractivity contribution in [3.05, 3.63) is 114 Å². The summed E-state index contributed by atoms with van der Waals surface area (Å²) in [6.45, 7) is 24.7. The summed E-state index contributed by atoms with van der Waals surface area (Å²) in [6, 6.07) is 8.51. The van der Waals surface area contributed by atoms with Crippen LogP contribution < -0.4 is 42.5 Å². The topological polar surface area (TPSA) is 458 Å². The van der Waals surface area contributed by atoms with Gasteiger partial charge in [-0.1, -0.05) is 0 Å².